The van der Waals surface area contributed by atoms with Crippen LogP contribution in [0.4, 0.5) is 5.69 Å². The van der Waals surface area contributed by atoms with Crippen LogP contribution in [0, 0.1) is 0 Å². The maximum Gasteiger partial charge on any atom is 0.244 e. The molecule has 4 aromatic rings. The summed E-state index contributed by atoms with van der Waals surface area (Å²) in [4.78, 5) is 24.5. The molecule has 1 aliphatic heterocycles. The molecule has 1 aliphatic rings. The van der Waals surface area contributed by atoms with Crippen molar-refractivity contribution in [2.75, 3.05) is 31.2 Å². The number of imidazole rings is 1. The Morgan fingerprint density at radius 3 is 2.53 bits per heavy atom. The molecule has 7 nitrogen and oxygen atoms in total. The molecule has 38 heavy (non-hydrogen) atoms. The van der Waals surface area contributed by atoms with Gasteiger partial charge in [0.2, 0.25) is 5.91 Å². The third-order valence-electron chi connectivity index (χ3n) is 6.63. The summed E-state index contributed by atoms with van der Waals surface area (Å²) in [5.41, 5.74) is 5.00. The van der Waals surface area contributed by atoms with Gasteiger partial charge in [0.05, 0.1) is 31.1 Å². The van der Waals surface area contributed by atoms with Crippen molar-refractivity contribution < 1.29 is 9.53 Å². The van der Waals surface area contributed by atoms with E-state index in [0.717, 1.165) is 54.6 Å². The van der Waals surface area contributed by atoms with Crippen LogP contribution in [-0.4, -0.2) is 46.7 Å². The third-order valence-corrected chi connectivity index (χ3v) is 6.88. The van der Waals surface area contributed by atoms with Gasteiger partial charge in [0.25, 0.3) is 0 Å². The summed E-state index contributed by atoms with van der Waals surface area (Å²) in [5.74, 6) is 0.552. The molecule has 8 heteroatoms. The third kappa shape index (κ3) is 6.30. The van der Waals surface area contributed by atoms with Crippen LogP contribution in [0.15, 0.2) is 85.2 Å². The molecule has 0 saturated carbocycles. The molecule has 2 aromatic heterocycles. The van der Waals surface area contributed by atoms with Gasteiger partial charge in [-0.2, -0.15) is 0 Å². The standard InChI is InChI=1S/C30H30ClN5O2/c1-35-28(23-8-12-26(13-9-23)36-16-18-38-19-17-36)21-33-30(35)27(20-25-4-2-3-15-32-25)34-29(37)14-7-22-5-10-24(31)11-6-22/h2-15,21,27H,16-20H2,1H3,(H,34,37)/b14-7+/t27-/m0/s1. The van der Waals surface area contributed by atoms with Crippen molar-refractivity contribution in [1.82, 2.24) is 19.9 Å². The van der Waals surface area contributed by atoms with Gasteiger partial charge in [-0.1, -0.05) is 41.9 Å². The Morgan fingerprint density at radius 2 is 1.82 bits per heavy atom. The molecule has 5 rings (SSSR count). The highest BCUT2D eigenvalue weighted by atomic mass is 35.5. The van der Waals surface area contributed by atoms with Crippen molar-refractivity contribution in [2.24, 2.45) is 7.05 Å². The first-order valence-electron chi connectivity index (χ1n) is 12.7. The number of carbonyl (C=O) groups excluding carboxylic acids is 1. The lowest BCUT2D eigenvalue weighted by atomic mass is 10.1. The Bertz CT molecular complexity index is 1380. The second-order valence-corrected chi connectivity index (χ2v) is 9.61. The number of aromatic nitrogens is 3. The lowest BCUT2D eigenvalue weighted by Gasteiger charge is -2.28. The number of carbonyl (C=O) groups is 1. The minimum Gasteiger partial charge on any atom is -0.378 e. The van der Waals surface area contributed by atoms with Gasteiger partial charge in [0, 0.05) is 55.2 Å². The number of rotatable bonds is 8. The maximum atomic E-state index is 12.9. The van der Waals surface area contributed by atoms with E-state index < -0.39 is 0 Å². The van der Waals surface area contributed by atoms with Crippen LogP contribution in [0.5, 0.6) is 0 Å². The number of nitrogens with zero attached hydrogens (tertiary/aromatic N) is 4. The van der Waals surface area contributed by atoms with Crippen molar-refractivity contribution in [3.05, 3.63) is 107 Å². The molecule has 1 amide bonds. The molecular weight excluding hydrogens is 498 g/mol. The van der Waals surface area contributed by atoms with E-state index in [4.69, 9.17) is 21.3 Å². The van der Waals surface area contributed by atoms with Crippen molar-refractivity contribution in [3.63, 3.8) is 0 Å². The number of amides is 1. The smallest absolute Gasteiger partial charge is 0.244 e. The van der Waals surface area contributed by atoms with E-state index >= 15 is 0 Å². The predicted octanol–water partition coefficient (Wildman–Crippen LogP) is 5.09. The number of anilines is 1. The Labute approximate surface area is 227 Å². The molecule has 1 saturated heterocycles. The molecular formula is C30H30ClN5O2. The first kappa shape index (κ1) is 25.7. The molecule has 1 N–H and O–H groups in total. The van der Waals surface area contributed by atoms with Crippen LogP contribution in [-0.2, 0) is 23.0 Å². The van der Waals surface area contributed by atoms with E-state index in [2.05, 4.69) is 39.5 Å². The monoisotopic (exact) mass is 527 g/mol. The van der Waals surface area contributed by atoms with Gasteiger partial charge >= 0.3 is 0 Å². The zero-order chi connectivity index (χ0) is 26.3. The Balaban J connectivity index is 1.36. The lowest BCUT2D eigenvalue weighted by molar-refractivity contribution is -0.117. The van der Waals surface area contributed by atoms with E-state index in [9.17, 15) is 4.79 Å². The zero-order valence-corrected chi connectivity index (χ0v) is 22.0. The van der Waals surface area contributed by atoms with Crippen LogP contribution in [0.2, 0.25) is 5.02 Å². The Hall–Kier alpha value is -3.94. The summed E-state index contributed by atoms with van der Waals surface area (Å²) in [6.45, 7) is 3.31. The van der Waals surface area contributed by atoms with Gasteiger partial charge in [-0.3, -0.25) is 9.78 Å². The molecule has 0 bridgehead atoms. The fourth-order valence-corrected chi connectivity index (χ4v) is 4.71. The average Bonchev–Trinajstić information content (AvgIpc) is 3.34. The molecule has 1 fully saturated rings. The Kier molecular flexibility index (Phi) is 8.16. The number of nitrogens with one attached hydrogen (secondary N) is 1. The Morgan fingerprint density at radius 1 is 1.05 bits per heavy atom. The normalized spacial score (nSPS) is 14.5. The van der Waals surface area contributed by atoms with Crippen LogP contribution in [0.25, 0.3) is 17.3 Å². The number of benzene rings is 2. The van der Waals surface area contributed by atoms with E-state index in [1.807, 2.05) is 48.1 Å². The fourth-order valence-electron chi connectivity index (χ4n) is 4.58. The summed E-state index contributed by atoms with van der Waals surface area (Å²) >= 11 is 5.97. The van der Waals surface area contributed by atoms with Gasteiger partial charge in [-0.25, -0.2) is 4.98 Å². The number of pyridine rings is 1. The summed E-state index contributed by atoms with van der Waals surface area (Å²) < 4.78 is 7.51. The highest BCUT2D eigenvalue weighted by molar-refractivity contribution is 6.30. The second kappa shape index (κ2) is 12.1. The molecule has 0 unspecified atom stereocenters. The van der Waals surface area contributed by atoms with Crippen LogP contribution in [0.1, 0.15) is 23.1 Å². The second-order valence-electron chi connectivity index (χ2n) is 9.18. The van der Waals surface area contributed by atoms with Crippen LogP contribution >= 0.6 is 11.6 Å². The average molecular weight is 528 g/mol. The fraction of sp³-hybridized carbons (Fsp3) is 0.233. The predicted molar refractivity (Wildman–Crippen MR) is 151 cm³/mol. The molecule has 3 heterocycles. The highest BCUT2D eigenvalue weighted by Gasteiger charge is 2.21. The lowest BCUT2D eigenvalue weighted by Crippen LogP contribution is -2.36. The minimum absolute atomic E-state index is 0.208. The molecule has 0 spiro atoms. The van der Waals surface area contributed by atoms with E-state index in [1.54, 1.807) is 24.4 Å². The number of ether oxygens (including phenoxy) is 1. The SMILES string of the molecule is Cn1c(-c2ccc(N3CCOCC3)cc2)cnc1[C@H](Cc1ccccn1)NC(=O)/C=C/c1ccc(Cl)cc1. The number of hydrogen-bond donors (Lipinski definition) is 1. The van der Waals surface area contributed by atoms with Crippen molar-refractivity contribution in [2.45, 2.75) is 12.5 Å². The number of halogens is 1. The molecule has 194 valence electrons. The van der Waals surface area contributed by atoms with Gasteiger partial charge in [-0.05, 0) is 53.6 Å². The number of hydrogen-bond acceptors (Lipinski definition) is 5. The van der Waals surface area contributed by atoms with Crippen molar-refractivity contribution >= 4 is 29.3 Å². The van der Waals surface area contributed by atoms with Gasteiger partial charge in [0.1, 0.15) is 5.82 Å². The maximum absolute atomic E-state index is 12.9. The van der Waals surface area contributed by atoms with E-state index in [1.165, 1.54) is 11.8 Å². The van der Waals surface area contributed by atoms with Gasteiger partial charge in [0.15, 0.2) is 0 Å². The summed E-state index contributed by atoms with van der Waals surface area (Å²) in [5, 5.41) is 3.78. The topological polar surface area (TPSA) is 72.3 Å². The summed E-state index contributed by atoms with van der Waals surface area (Å²) in [7, 11) is 1.98. The van der Waals surface area contributed by atoms with Gasteiger partial charge < -0.3 is 19.5 Å². The van der Waals surface area contributed by atoms with E-state index in [-0.39, 0.29) is 11.9 Å². The van der Waals surface area contributed by atoms with Crippen molar-refractivity contribution in [1.29, 1.82) is 0 Å². The molecule has 0 radical (unpaired) electrons. The first-order valence-corrected chi connectivity index (χ1v) is 13.0. The zero-order valence-electron chi connectivity index (χ0n) is 21.3. The highest BCUT2D eigenvalue weighted by Crippen LogP contribution is 2.27. The minimum atomic E-state index is -0.362. The largest absolute Gasteiger partial charge is 0.378 e. The van der Waals surface area contributed by atoms with Crippen LogP contribution in [0.3, 0.4) is 0 Å². The quantitative estimate of drug-likeness (QED) is 0.323. The number of morpholine rings is 1. The van der Waals surface area contributed by atoms with Crippen LogP contribution < -0.4 is 10.2 Å². The molecule has 2 aromatic carbocycles. The molecule has 0 aliphatic carbocycles. The van der Waals surface area contributed by atoms with Crippen molar-refractivity contribution in [3.8, 4) is 11.3 Å². The van der Waals surface area contributed by atoms with E-state index in [0.29, 0.717) is 11.4 Å². The first-order chi connectivity index (χ1) is 18.6. The summed E-state index contributed by atoms with van der Waals surface area (Å²) in [6, 6.07) is 21.3. The molecule has 1 atom stereocenters. The van der Waals surface area contributed by atoms with Gasteiger partial charge in [-0.15, -0.1) is 0 Å². The summed E-state index contributed by atoms with van der Waals surface area (Å²) in [6.07, 6.45) is 7.43.